The van der Waals surface area contributed by atoms with Gasteiger partial charge in [0.2, 0.25) is 17.7 Å². The van der Waals surface area contributed by atoms with E-state index in [4.69, 9.17) is 16.0 Å². The number of rotatable bonds is 4. The molecule has 1 atom stereocenters. The summed E-state index contributed by atoms with van der Waals surface area (Å²) >= 11 is 7.50. The van der Waals surface area contributed by atoms with Gasteiger partial charge in [-0.2, -0.15) is 11.3 Å². The van der Waals surface area contributed by atoms with E-state index in [1.54, 1.807) is 11.3 Å². The maximum Gasteiger partial charge on any atom is 0.248 e. The summed E-state index contributed by atoms with van der Waals surface area (Å²) in [7, 11) is 0. The Labute approximate surface area is 160 Å². The number of carbonyl (C=O) groups excluding carboxylic acids is 1. The van der Waals surface area contributed by atoms with Crippen molar-refractivity contribution in [3.05, 3.63) is 57.6 Å². The Balaban J connectivity index is 1.42. The minimum atomic E-state index is 0.0952. The van der Waals surface area contributed by atoms with Gasteiger partial charge in [0.15, 0.2) is 0 Å². The molecule has 3 heterocycles. The van der Waals surface area contributed by atoms with E-state index in [0.29, 0.717) is 29.8 Å². The van der Waals surface area contributed by atoms with Crippen LogP contribution in [0.1, 0.15) is 30.2 Å². The van der Waals surface area contributed by atoms with Crippen LogP contribution in [-0.4, -0.2) is 34.1 Å². The number of likely N-dealkylation sites (tertiary alicyclic amines) is 1. The lowest BCUT2D eigenvalue weighted by molar-refractivity contribution is -0.131. The van der Waals surface area contributed by atoms with E-state index in [9.17, 15) is 4.79 Å². The molecule has 1 amide bonds. The summed E-state index contributed by atoms with van der Waals surface area (Å²) in [5.74, 6) is 1.38. The number of amides is 1. The quantitative estimate of drug-likeness (QED) is 0.665. The van der Waals surface area contributed by atoms with Crippen molar-refractivity contribution in [2.45, 2.75) is 25.2 Å². The standard InChI is InChI=1S/C19H18ClN3O2S/c20-16-5-3-13(4-6-16)10-17(24)23-8-1-2-14(11-23)18-21-22-19(25-18)15-7-9-26-12-15/h3-7,9,12,14H,1-2,8,10-11H2. The Morgan fingerprint density at radius 1 is 1.27 bits per heavy atom. The van der Waals surface area contributed by atoms with Crippen LogP contribution >= 0.6 is 22.9 Å². The number of hydrogen-bond donors (Lipinski definition) is 0. The van der Waals surface area contributed by atoms with Crippen LogP contribution in [-0.2, 0) is 11.2 Å². The highest BCUT2D eigenvalue weighted by Crippen LogP contribution is 2.29. The van der Waals surface area contributed by atoms with E-state index in [1.807, 2.05) is 46.0 Å². The number of hydrogen-bond acceptors (Lipinski definition) is 5. The summed E-state index contributed by atoms with van der Waals surface area (Å²) in [6.07, 6.45) is 2.27. The predicted molar refractivity (Wildman–Crippen MR) is 101 cm³/mol. The summed E-state index contributed by atoms with van der Waals surface area (Å²) in [5, 5.41) is 13.0. The van der Waals surface area contributed by atoms with Crippen molar-refractivity contribution in [2.24, 2.45) is 0 Å². The van der Waals surface area contributed by atoms with Crippen LogP contribution in [0.2, 0.25) is 5.02 Å². The molecular weight excluding hydrogens is 370 g/mol. The van der Waals surface area contributed by atoms with Gasteiger partial charge in [0, 0.05) is 29.1 Å². The Hall–Kier alpha value is -2.18. The van der Waals surface area contributed by atoms with Crippen LogP contribution in [0.5, 0.6) is 0 Å². The summed E-state index contributed by atoms with van der Waals surface area (Å²) in [5.41, 5.74) is 1.92. The zero-order chi connectivity index (χ0) is 17.9. The molecule has 1 aromatic carbocycles. The van der Waals surface area contributed by atoms with Crippen molar-refractivity contribution in [1.29, 1.82) is 0 Å². The van der Waals surface area contributed by atoms with Crippen molar-refractivity contribution in [1.82, 2.24) is 15.1 Å². The fraction of sp³-hybridized carbons (Fsp3) is 0.316. The zero-order valence-corrected chi connectivity index (χ0v) is 15.7. The molecule has 1 aliphatic rings. The lowest BCUT2D eigenvalue weighted by atomic mass is 9.97. The van der Waals surface area contributed by atoms with Gasteiger partial charge in [-0.15, -0.1) is 10.2 Å². The summed E-state index contributed by atoms with van der Waals surface area (Å²) in [6.45, 7) is 1.39. The average Bonchev–Trinajstić information content (AvgIpc) is 3.35. The van der Waals surface area contributed by atoms with Crippen molar-refractivity contribution in [2.75, 3.05) is 13.1 Å². The minimum absolute atomic E-state index is 0.0952. The van der Waals surface area contributed by atoms with Crippen molar-refractivity contribution in [3.8, 4) is 11.5 Å². The fourth-order valence-electron chi connectivity index (χ4n) is 3.20. The molecule has 1 unspecified atom stereocenters. The highest BCUT2D eigenvalue weighted by atomic mass is 35.5. The van der Waals surface area contributed by atoms with Crippen LogP contribution in [0.15, 0.2) is 45.5 Å². The molecule has 0 bridgehead atoms. The van der Waals surface area contributed by atoms with Gasteiger partial charge in [0.05, 0.1) is 12.3 Å². The molecule has 7 heteroatoms. The lowest BCUT2D eigenvalue weighted by Gasteiger charge is -2.31. The van der Waals surface area contributed by atoms with Gasteiger partial charge in [-0.05, 0) is 42.0 Å². The second-order valence-corrected chi connectivity index (χ2v) is 7.66. The molecule has 0 saturated carbocycles. The highest BCUT2D eigenvalue weighted by molar-refractivity contribution is 7.08. The van der Waals surface area contributed by atoms with Gasteiger partial charge in [-0.1, -0.05) is 23.7 Å². The number of nitrogens with zero attached hydrogens (tertiary/aromatic N) is 3. The molecule has 1 aliphatic heterocycles. The van der Waals surface area contributed by atoms with Gasteiger partial charge in [-0.25, -0.2) is 0 Å². The Morgan fingerprint density at radius 2 is 2.12 bits per heavy atom. The first-order valence-electron chi connectivity index (χ1n) is 8.57. The third-order valence-electron chi connectivity index (χ3n) is 4.60. The molecule has 4 rings (SSSR count). The highest BCUT2D eigenvalue weighted by Gasteiger charge is 2.28. The summed E-state index contributed by atoms with van der Waals surface area (Å²) < 4.78 is 5.86. The van der Waals surface area contributed by atoms with E-state index in [1.165, 1.54) is 0 Å². The number of aromatic nitrogens is 2. The number of carbonyl (C=O) groups is 1. The summed E-state index contributed by atoms with van der Waals surface area (Å²) in [4.78, 5) is 14.5. The van der Waals surface area contributed by atoms with Crippen LogP contribution in [0.25, 0.3) is 11.5 Å². The van der Waals surface area contributed by atoms with Crippen LogP contribution < -0.4 is 0 Å². The van der Waals surface area contributed by atoms with E-state index in [-0.39, 0.29) is 11.8 Å². The van der Waals surface area contributed by atoms with E-state index in [0.717, 1.165) is 30.5 Å². The normalized spacial score (nSPS) is 17.4. The topological polar surface area (TPSA) is 59.2 Å². The number of piperidine rings is 1. The maximum atomic E-state index is 12.6. The zero-order valence-electron chi connectivity index (χ0n) is 14.1. The molecule has 3 aromatic rings. The van der Waals surface area contributed by atoms with Crippen molar-refractivity contribution >= 4 is 28.8 Å². The van der Waals surface area contributed by atoms with Crippen LogP contribution in [0, 0.1) is 0 Å². The van der Waals surface area contributed by atoms with Gasteiger partial charge in [0.1, 0.15) is 0 Å². The first kappa shape index (κ1) is 17.2. The number of thiophene rings is 1. The fourth-order valence-corrected chi connectivity index (χ4v) is 3.95. The van der Waals surface area contributed by atoms with Gasteiger partial charge in [-0.3, -0.25) is 4.79 Å². The van der Waals surface area contributed by atoms with Gasteiger partial charge in [0.25, 0.3) is 0 Å². The van der Waals surface area contributed by atoms with Gasteiger partial charge >= 0.3 is 0 Å². The number of benzene rings is 1. The SMILES string of the molecule is O=C(Cc1ccc(Cl)cc1)N1CCCC(c2nnc(-c3ccsc3)o2)C1. The largest absolute Gasteiger partial charge is 0.420 e. The molecule has 0 aliphatic carbocycles. The first-order valence-corrected chi connectivity index (χ1v) is 9.89. The Kier molecular flexibility index (Phi) is 5.04. The summed E-state index contributed by atoms with van der Waals surface area (Å²) in [6, 6.07) is 9.38. The predicted octanol–water partition coefficient (Wildman–Crippen LogP) is 4.40. The Bertz CT molecular complexity index is 877. The van der Waals surface area contributed by atoms with Crippen molar-refractivity contribution < 1.29 is 9.21 Å². The van der Waals surface area contributed by atoms with Crippen LogP contribution in [0.4, 0.5) is 0 Å². The lowest BCUT2D eigenvalue weighted by Crippen LogP contribution is -2.40. The monoisotopic (exact) mass is 387 g/mol. The van der Waals surface area contributed by atoms with Crippen molar-refractivity contribution in [3.63, 3.8) is 0 Å². The van der Waals surface area contributed by atoms with E-state index >= 15 is 0 Å². The molecule has 0 N–H and O–H groups in total. The molecule has 26 heavy (non-hydrogen) atoms. The third kappa shape index (κ3) is 3.81. The van der Waals surface area contributed by atoms with Gasteiger partial charge < -0.3 is 9.32 Å². The number of halogens is 1. The molecule has 5 nitrogen and oxygen atoms in total. The van der Waals surface area contributed by atoms with E-state index in [2.05, 4.69) is 10.2 Å². The van der Waals surface area contributed by atoms with Crippen LogP contribution in [0.3, 0.4) is 0 Å². The second-order valence-electron chi connectivity index (χ2n) is 6.44. The molecule has 134 valence electrons. The second kappa shape index (κ2) is 7.60. The molecule has 1 saturated heterocycles. The van der Waals surface area contributed by atoms with E-state index < -0.39 is 0 Å². The average molecular weight is 388 g/mol. The minimum Gasteiger partial charge on any atom is -0.420 e. The molecule has 2 aromatic heterocycles. The third-order valence-corrected chi connectivity index (χ3v) is 5.54. The molecular formula is C19H18ClN3O2S. The first-order chi connectivity index (χ1) is 12.7. The Morgan fingerprint density at radius 3 is 2.88 bits per heavy atom. The smallest absolute Gasteiger partial charge is 0.248 e. The molecule has 0 radical (unpaired) electrons. The molecule has 0 spiro atoms. The maximum absolute atomic E-state index is 12.6. The molecule has 1 fully saturated rings.